The van der Waals surface area contributed by atoms with Gasteiger partial charge in [-0.2, -0.15) is 0 Å². The number of amides is 3. The van der Waals surface area contributed by atoms with Gasteiger partial charge in [-0.3, -0.25) is 14.4 Å². The number of primary amides is 1. The molecule has 0 fully saturated rings. The molecule has 12 heteroatoms. The smallest absolute Gasteiger partial charge is 0.270 e. The van der Waals surface area contributed by atoms with Crippen LogP contribution in [-0.4, -0.2) is 71.6 Å². The Morgan fingerprint density at radius 2 is 1.67 bits per heavy atom. The highest BCUT2D eigenvalue weighted by atomic mass is 32.2. The van der Waals surface area contributed by atoms with Crippen molar-refractivity contribution < 1.29 is 27.9 Å². The fourth-order valence-electron chi connectivity index (χ4n) is 4.44. The number of hydrogen-bond acceptors (Lipinski definition) is 7. The Hall–Kier alpha value is -3.87. The van der Waals surface area contributed by atoms with Crippen LogP contribution >= 0.6 is 0 Å². The zero-order valence-corrected chi connectivity index (χ0v) is 24.9. The first-order valence-corrected chi connectivity index (χ1v) is 15.6. The quantitative estimate of drug-likeness (QED) is 0.194. The summed E-state index contributed by atoms with van der Waals surface area (Å²) in [6.07, 6.45) is 0.983. The Kier molecular flexibility index (Phi) is 11.1. The van der Waals surface area contributed by atoms with Crippen LogP contribution in [0.1, 0.15) is 49.2 Å². The summed E-state index contributed by atoms with van der Waals surface area (Å²) in [6.45, 7) is 4.15. The second-order valence-electron chi connectivity index (χ2n) is 10.9. The van der Waals surface area contributed by atoms with Gasteiger partial charge in [0.05, 0.1) is 18.2 Å². The number of nitrogens with two attached hydrogens (primary N) is 1. The molecule has 0 spiro atoms. The number of hydrogen-bond donors (Lipinski definition) is 4. The average Bonchev–Trinajstić information content (AvgIpc) is 2.91. The van der Waals surface area contributed by atoms with Crippen molar-refractivity contribution in [1.82, 2.24) is 19.9 Å². The van der Waals surface area contributed by atoms with Crippen LogP contribution in [0.15, 0.2) is 66.7 Å². The molecule has 5 N–H and O–H groups in total. The molecule has 2 atom stereocenters. The van der Waals surface area contributed by atoms with Gasteiger partial charge in [-0.05, 0) is 30.0 Å². The fourth-order valence-corrected chi connectivity index (χ4v) is 5.30. The molecule has 3 amide bonds. The number of fused-ring (bicyclic) bond motifs is 1. The van der Waals surface area contributed by atoms with Gasteiger partial charge in [0, 0.05) is 31.3 Å². The maximum atomic E-state index is 13.5. The molecule has 0 saturated heterocycles. The average molecular weight is 598 g/mol. The van der Waals surface area contributed by atoms with E-state index in [2.05, 4.69) is 15.6 Å². The highest BCUT2D eigenvalue weighted by Crippen LogP contribution is 2.19. The van der Waals surface area contributed by atoms with Crippen LogP contribution in [0, 0.1) is 5.92 Å². The van der Waals surface area contributed by atoms with E-state index in [1.807, 2.05) is 26.0 Å². The lowest BCUT2D eigenvalue weighted by Crippen LogP contribution is -2.58. The number of aliphatic hydroxyl groups is 1. The van der Waals surface area contributed by atoms with Crippen LogP contribution < -0.4 is 16.4 Å². The van der Waals surface area contributed by atoms with Crippen molar-refractivity contribution in [2.45, 2.75) is 51.3 Å². The summed E-state index contributed by atoms with van der Waals surface area (Å²) in [5, 5.41) is 17.6. The van der Waals surface area contributed by atoms with E-state index in [0.29, 0.717) is 17.5 Å². The number of benzene rings is 2. The van der Waals surface area contributed by atoms with Crippen molar-refractivity contribution in [2.75, 3.05) is 19.3 Å². The number of nitrogens with zero attached hydrogens (tertiary/aromatic N) is 2. The third-order valence-corrected chi connectivity index (χ3v) is 8.06. The molecule has 3 rings (SSSR count). The predicted octanol–water partition coefficient (Wildman–Crippen LogP) is 1.95. The first-order chi connectivity index (χ1) is 19.8. The van der Waals surface area contributed by atoms with Crippen molar-refractivity contribution in [2.24, 2.45) is 11.7 Å². The zero-order valence-electron chi connectivity index (χ0n) is 24.1. The first kappa shape index (κ1) is 32.6. The van der Waals surface area contributed by atoms with Gasteiger partial charge in [0.25, 0.3) is 5.91 Å². The summed E-state index contributed by atoms with van der Waals surface area (Å²) in [5.74, 6) is -2.14. The van der Waals surface area contributed by atoms with E-state index in [-0.39, 0.29) is 37.5 Å². The van der Waals surface area contributed by atoms with Gasteiger partial charge < -0.3 is 21.5 Å². The lowest BCUT2D eigenvalue weighted by Gasteiger charge is -2.33. The Balaban J connectivity index is 1.83. The third kappa shape index (κ3) is 9.89. The minimum Gasteiger partial charge on any atom is -0.371 e. The number of sulfonamides is 1. The molecular formula is C30H39N5O6S. The predicted molar refractivity (Wildman–Crippen MR) is 161 cm³/mol. The van der Waals surface area contributed by atoms with Crippen molar-refractivity contribution in [3.63, 3.8) is 0 Å². The Bertz CT molecular complexity index is 1500. The van der Waals surface area contributed by atoms with Crippen LogP contribution in [0.2, 0.25) is 0 Å². The van der Waals surface area contributed by atoms with Gasteiger partial charge in [-0.1, -0.05) is 68.4 Å². The Morgan fingerprint density at radius 3 is 2.31 bits per heavy atom. The van der Waals surface area contributed by atoms with Crippen LogP contribution in [0.4, 0.5) is 0 Å². The minimum absolute atomic E-state index is 0.0319. The monoisotopic (exact) mass is 597 g/mol. The van der Waals surface area contributed by atoms with Gasteiger partial charge in [0.2, 0.25) is 21.8 Å². The van der Waals surface area contributed by atoms with Crippen LogP contribution in [0.5, 0.6) is 0 Å². The normalized spacial score (nSPS) is 14.0. The molecule has 2 unspecified atom stereocenters. The van der Waals surface area contributed by atoms with E-state index in [4.69, 9.17) is 5.73 Å². The summed E-state index contributed by atoms with van der Waals surface area (Å²) in [7, 11) is -3.59. The summed E-state index contributed by atoms with van der Waals surface area (Å²) in [5.41, 5.74) is 4.77. The molecule has 0 aliphatic carbocycles. The number of carbonyl (C=O) groups excluding carboxylic acids is 3. The molecular weight excluding hydrogens is 558 g/mol. The number of para-hydroxylation sites is 1. The van der Waals surface area contributed by atoms with Gasteiger partial charge >= 0.3 is 0 Å². The second-order valence-corrected chi connectivity index (χ2v) is 12.8. The first-order valence-electron chi connectivity index (χ1n) is 13.7. The van der Waals surface area contributed by atoms with Crippen LogP contribution in [0.3, 0.4) is 0 Å². The van der Waals surface area contributed by atoms with E-state index >= 15 is 0 Å². The number of nitrogens with one attached hydrogen (secondary N) is 2. The molecule has 0 bridgehead atoms. The summed E-state index contributed by atoms with van der Waals surface area (Å²) < 4.78 is 26.2. The second kappa shape index (κ2) is 14.3. The molecule has 3 aromatic rings. The molecule has 0 aliphatic heterocycles. The maximum Gasteiger partial charge on any atom is 0.270 e. The Labute approximate surface area is 246 Å². The van der Waals surface area contributed by atoms with Gasteiger partial charge in [-0.25, -0.2) is 17.7 Å². The third-order valence-electron chi connectivity index (χ3n) is 6.75. The number of aromatic nitrogens is 1. The lowest BCUT2D eigenvalue weighted by atomic mass is 9.98. The molecule has 1 aromatic heterocycles. The van der Waals surface area contributed by atoms with Crippen LogP contribution in [-0.2, 0) is 26.0 Å². The number of carbonyl (C=O) groups is 3. The largest absolute Gasteiger partial charge is 0.371 e. The van der Waals surface area contributed by atoms with Gasteiger partial charge in [-0.15, -0.1) is 0 Å². The molecule has 42 heavy (non-hydrogen) atoms. The molecule has 11 nitrogen and oxygen atoms in total. The number of rotatable bonds is 15. The molecule has 1 heterocycles. The fraction of sp³-hybridized carbons (Fsp3) is 0.400. The highest BCUT2D eigenvalue weighted by Gasteiger charge is 2.35. The summed E-state index contributed by atoms with van der Waals surface area (Å²) in [6, 6.07) is 17.9. The SMILES string of the molecule is CC(C)CCN(CCC(O)(Cc1ccccc1)NC(=O)C(CC(N)=O)NC(=O)c1ccc2ccccc2n1)S(C)(=O)=O. The molecule has 0 radical (unpaired) electrons. The van der Waals surface area contributed by atoms with Gasteiger partial charge in [0.1, 0.15) is 17.5 Å². The van der Waals surface area contributed by atoms with E-state index in [1.54, 1.807) is 48.5 Å². The van der Waals surface area contributed by atoms with E-state index < -0.39 is 45.9 Å². The molecule has 226 valence electrons. The molecule has 0 aliphatic rings. The van der Waals surface area contributed by atoms with E-state index in [1.165, 1.54) is 10.4 Å². The van der Waals surface area contributed by atoms with E-state index in [9.17, 15) is 27.9 Å². The summed E-state index contributed by atoms with van der Waals surface area (Å²) >= 11 is 0. The van der Waals surface area contributed by atoms with Crippen molar-refractivity contribution in [3.8, 4) is 0 Å². The van der Waals surface area contributed by atoms with Crippen molar-refractivity contribution >= 4 is 38.6 Å². The van der Waals surface area contributed by atoms with Crippen molar-refractivity contribution in [1.29, 1.82) is 0 Å². The summed E-state index contributed by atoms with van der Waals surface area (Å²) in [4.78, 5) is 42.7. The Morgan fingerprint density at radius 1 is 1.00 bits per heavy atom. The van der Waals surface area contributed by atoms with E-state index in [0.717, 1.165) is 11.6 Å². The van der Waals surface area contributed by atoms with Crippen LogP contribution in [0.25, 0.3) is 10.9 Å². The highest BCUT2D eigenvalue weighted by molar-refractivity contribution is 7.88. The molecule has 0 saturated carbocycles. The molecule has 2 aromatic carbocycles. The topological polar surface area (TPSA) is 172 Å². The zero-order chi connectivity index (χ0) is 30.9. The van der Waals surface area contributed by atoms with Gasteiger partial charge in [0.15, 0.2) is 0 Å². The van der Waals surface area contributed by atoms with Crippen molar-refractivity contribution in [3.05, 3.63) is 78.0 Å². The standard InChI is InChI=1S/C30H39N5O6S/c1-21(2)15-17-35(42(3,40)41)18-16-30(39,20-22-9-5-4-6-10-22)34-29(38)26(19-27(31)36)33-28(37)25-14-13-23-11-7-8-12-24(23)32-25/h4-14,21,26,39H,15-20H2,1-3H3,(H2,31,36)(H,33,37)(H,34,38). The maximum absolute atomic E-state index is 13.5. The lowest BCUT2D eigenvalue weighted by molar-refractivity contribution is -0.133. The minimum atomic E-state index is -3.59. The number of pyridine rings is 1.